The fourth-order valence-electron chi connectivity index (χ4n) is 2.60. The number of aryl methyl sites for hydroxylation is 1. The summed E-state index contributed by atoms with van der Waals surface area (Å²) >= 11 is 0. The second-order valence-electron chi connectivity index (χ2n) is 5.88. The maximum Gasteiger partial charge on any atom is 0.276 e. The Bertz CT molecular complexity index is 616. The molecule has 6 nitrogen and oxygen atoms in total. The molecule has 0 amide bonds. The van der Waals surface area contributed by atoms with Crippen LogP contribution in [0.4, 0.5) is 0 Å². The molecule has 0 saturated carbocycles. The van der Waals surface area contributed by atoms with Crippen molar-refractivity contribution in [3.05, 3.63) is 29.7 Å². The molecule has 0 bridgehead atoms. The molecule has 2 aromatic heterocycles. The van der Waals surface area contributed by atoms with Crippen LogP contribution in [0.25, 0.3) is 11.6 Å². The van der Waals surface area contributed by atoms with Gasteiger partial charge >= 0.3 is 0 Å². The van der Waals surface area contributed by atoms with E-state index in [0.717, 1.165) is 37.6 Å². The smallest absolute Gasteiger partial charge is 0.276 e. The van der Waals surface area contributed by atoms with Crippen molar-refractivity contribution >= 4 is 0 Å². The van der Waals surface area contributed by atoms with Gasteiger partial charge in [-0.05, 0) is 32.9 Å². The van der Waals surface area contributed by atoms with Crippen molar-refractivity contribution in [2.75, 3.05) is 26.2 Å². The maximum atomic E-state index is 5.42. The molecule has 2 aromatic rings. The third-order valence-electron chi connectivity index (χ3n) is 3.99. The van der Waals surface area contributed by atoms with Crippen LogP contribution in [-0.2, 0) is 5.54 Å². The Labute approximate surface area is 124 Å². The van der Waals surface area contributed by atoms with Gasteiger partial charge in [-0.2, -0.15) is 4.98 Å². The summed E-state index contributed by atoms with van der Waals surface area (Å²) in [7, 11) is 0. The van der Waals surface area contributed by atoms with Crippen molar-refractivity contribution < 1.29 is 4.52 Å². The first-order chi connectivity index (χ1) is 10.1. The van der Waals surface area contributed by atoms with Gasteiger partial charge in [0.1, 0.15) is 5.69 Å². The van der Waals surface area contributed by atoms with Crippen molar-refractivity contribution in [1.29, 1.82) is 0 Å². The number of nitrogens with one attached hydrogen (secondary N) is 1. The summed E-state index contributed by atoms with van der Waals surface area (Å²) in [5, 5.41) is 7.54. The van der Waals surface area contributed by atoms with Crippen molar-refractivity contribution in [3.63, 3.8) is 0 Å². The van der Waals surface area contributed by atoms with E-state index in [4.69, 9.17) is 4.52 Å². The first kappa shape index (κ1) is 14.2. The fourth-order valence-corrected chi connectivity index (χ4v) is 2.60. The largest absolute Gasteiger partial charge is 0.332 e. The second-order valence-corrected chi connectivity index (χ2v) is 5.88. The Balaban J connectivity index is 1.86. The summed E-state index contributed by atoms with van der Waals surface area (Å²) in [6.07, 6.45) is 0. The molecule has 0 atom stereocenters. The zero-order chi connectivity index (χ0) is 14.9. The maximum absolute atomic E-state index is 5.42. The summed E-state index contributed by atoms with van der Waals surface area (Å²) in [5.74, 6) is 1.19. The molecule has 3 rings (SSSR count). The molecule has 1 saturated heterocycles. The average Bonchev–Trinajstić information content (AvgIpc) is 2.99. The highest BCUT2D eigenvalue weighted by atomic mass is 16.5. The van der Waals surface area contributed by atoms with E-state index < -0.39 is 0 Å². The molecule has 0 radical (unpaired) electrons. The van der Waals surface area contributed by atoms with E-state index in [9.17, 15) is 0 Å². The zero-order valence-corrected chi connectivity index (χ0v) is 12.8. The van der Waals surface area contributed by atoms with Crippen LogP contribution >= 0.6 is 0 Å². The topological polar surface area (TPSA) is 67.1 Å². The number of hydrogen-bond donors (Lipinski definition) is 1. The molecule has 0 spiro atoms. The number of pyridine rings is 1. The quantitative estimate of drug-likeness (QED) is 0.924. The van der Waals surface area contributed by atoms with E-state index in [1.54, 1.807) is 0 Å². The lowest BCUT2D eigenvalue weighted by Crippen LogP contribution is -2.52. The van der Waals surface area contributed by atoms with Gasteiger partial charge in [-0.3, -0.25) is 4.90 Å². The van der Waals surface area contributed by atoms with Gasteiger partial charge in [-0.25, -0.2) is 4.98 Å². The summed E-state index contributed by atoms with van der Waals surface area (Å²) in [6, 6.07) is 5.79. The van der Waals surface area contributed by atoms with Crippen LogP contribution in [0.2, 0.25) is 0 Å². The van der Waals surface area contributed by atoms with Crippen LogP contribution < -0.4 is 5.32 Å². The molecule has 1 fully saturated rings. The summed E-state index contributed by atoms with van der Waals surface area (Å²) in [5.41, 5.74) is 1.42. The summed E-state index contributed by atoms with van der Waals surface area (Å²) in [4.78, 5) is 11.4. The normalized spacial score (nSPS) is 17.1. The Morgan fingerprint density at radius 3 is 2.67 bits per heavy atom. The molecular formula is C15H21N5O. The summed E-state index contributed by atoms with van der Waals surface area (Å²) < 4.78 is 5.42. The second kappa shape index (κ2) is 5.54. The molecule has 1 aliphatic heterocycles. The van der Waals surface area contributed by atoms with Gasteiger partial charge in [-0.1, -0.05) is 11.2 Å². The van der Waals surface area contributed by atoms with Gasteiger partial charge in [0.2, 0.25) is 0 Å². The Morgan fingerprint density at radius 2 is 1.95 bits per heavy atom. The minimum Gasteiger partial charge on any atom is -0.332 e. The monoisotopic (exact) mass is 287 g/mol. The first-order valence-corrected chi connectivity index (χ1v) is 7.31. The van der Waals surface area contributed by atoms with E-state index in [1.807, 2.05) is 25.1 Å². The van der Waals surface area contributed by atoms with Gasteiger partial charge in [0.05, 0.1) is 5.54 Å². The lowest BCUT2D eigenvalue weighted by atomic mass is 10.0. The van der Waals surface area contributed by atoms with Crippen molar-refractivity contribution in [3.8, 4) is 11.6 Å². The molecule has 1 N–H and O–H groups in total. The van der Waals surface area contributed by atoms with E-state index in [-0.39, 0.29) is 5.54 Å². The molecular weight excluding hydrogens is 266 g/mol. The van der Waals surface area contributed by atoms with Gasteiger partial charge in [-0.15, -0.1) is 0 Å². The third-order valence-corrected chi connectivity index (χ3v) is 3.99. The van der Waals surface area contributed by atoms with Gasteiger partial charge in [0, 0.05) is 31.9 Å². The predicted molar refractivity (Wildman–Crippen MR) is 79.7 cm³/mol. The average molecular weight is 287 g/mol. The minimum absolute atomic E-state index is 0.242. The van der Waals surface area contributed by atoms with E-state index in [2.05, 4.69) is 39.2 Å². The highest BCUT2D eigenvalue weighted by Gasteiger charge is 2.34. The molecule has 112 valence electrons. The van der Waals surface area contributed by atoms with Crippen LogP contribution in [-0.4, -0.2) is 46.2 Å². The van der Waals surface area contributed by atoms with Crippen LogP contribution in [0.15, 0.2) is 22.7 Å². The molecule has 0 aromatic carbocycles. The Hall–Kier alpha value is -1.79. The van der Waals surface area contributed by atoms with E-state index in [0.29, 0.717) is 11.7 Å². The highest BCUT2D eigenvalue weighted by molar-refractivity contribution is 5.46. The first-order valence-electron chi connectivity index (χ1n) is 7.31. The number of hydrogen-bond acceptors (Lipinski definition) is 6. The van der Waals surface area contributed by atoms with Crippen molar-refractivity contribution in [1.82, 2.24) is 25.3 Å². The molecule has 0 unspecified atom stereocenters. The molecule has 3 heterocycles. The molecule has 6 heteroatoms. The van der Waals surface area contributed by atoms with Crippen LogP contribution in [0.3, 0.4) is 0 Å². The number of rotatable bonds is 3. The van der Waals surface area contributed by atoms with Crippen LogP contribution in [0.1, 0.15) is 25.4 Å². The number of nitrogens with zero attached hydrogens (tertiary/aromatic N) is 4. The standard InChI is InChI=1S/C15H21N5O/c1-11-5-4-6-12(17-11)13-18-14(19-21-13)15(2,3)20-9-7-16-8-10-20/h4-6,16H,7-10H2,1-3H3. The number of aromatic nitrogens is 3. The molecule has 21 heavy (non-hydrogen) atoms. The SMILES string of the molecule is Cc1cccc(-c2nc(C(C)(C)N3CCNCC3)no2)n1. The number of piperazine rings is 1. The third kappa shape index (κ3) is 2.82. The van der Waals surface area contributed by atoms with Gasteiger partial charge < -0.3 is 9.84 Å². The van der Waals surface area contributed by atoms with Crippen LogP contribution in [0, 0.1) is 6.92 Å². The lowest BCUT2D eigenvalue weighted by Gasteiger charge is -2.38. The Kier molecular flexibility index (Phi) is 3.73. The van der Waals surface area contributed by atoms with Crippen molar-refractivity contribution in [2.24, 2.45) is 0 Å². The van der Waals surface area contributed by atoms with Gasteiger partial charge in [0.25, 0.3) is 5.89 Å². The molecule has 0 aliphatic carbocycles. The zero-order valence-electron chi connectivity index (χ0n) is 12.8. The summed E-state index contributed by atoms with van der Waals surface area (Å²) in [6.45, 7) is 10.2. The molecule has 1 aliphatic rings. The minimum atomic E-state index is -0.242. The van der Waals surface area contributed by atoms with Crippen molar-refractivity contribution in [2.45, 2.75) is 26.3 Å². The Morgan fingerprint density at radius 1 is 1.19 bits per heavy atom. The highest BCUT2D eigenvalue weighted by Crippen LogP contribution is 2.27. The predicted octanol–water partition coefficient (Wildman–Crippen LogP) is 1.58. The fraction of sp³-hybridized carbons (Fsp3) is 0.533. The van der Waals surface area contributed by atoms with E-state index >= 15 is 0 Å². The van der Waals surface area contributed by atoms with E-state index in [1.165, 1.54) is 0 Å². The lowest BCUT2D eigenvalue weighted by molar-refractivity contribution is 0.0925. The van der Waals surface area contributed by atoms with Gasteiger partial charge in [0.15, 0.2) is 5.82 Å². The van der Waals surface area contributed by atoms with Crippen LogP contribution in [0.5, 0.6) is 0 Å².